The smallest absolute Gasteiger partial charge is 0.419 e. The summed E-state index contributed by atoms with van der Waals surface area (Å²) in [5, 5.41) is 21.0. The second kappa shape index (κ2) is 9.90. The number of rotatable bonds is 6. The van der Waals surface area contributed by atoms with Gasteiger partial charge in [-0.05, 0) is 44.4 Å². The van der Waals surface area contributed by atoms with E-state index in [4.69, 9.17) is 18.9 Å². The summed E-state index contributed by atoms with van der Waals surface area (Å²) in [4.78, 5) is 26.5. The summed E-state index contributed by atoms with van der Waals surface area (Å²) in [6.45, 7) is 6.34. The highest BCUT2D eigenvalue weighted by Crippen LogP contribution is 2.48. The Morgan fingerprint density at radius 1 is 1.12 bits per heavy atom. The Labute approximate surface area is 198 Å². The van der Waals surface area contributed by atoms with Crippen molar-refractivity contribution in [2.24, 2.45) is 0 Å². The van der Waals surface area contributed by atoms with E-state index in [2.05, 4.69) is 0 Å². The summed E-state index contributed by atoms with van der Waals surface area (Å²) >= 11 is 0. The molecule has 2 N–H and O–H groups in total. The number of hydrogen-bond donors (Lipinski definition) is 2. The molecule has 2 unspecified atom stereocenters. The Hall–Kier alpha value is -3.30. The molecule has 0 spiro atoms. The first kappa shape index (κ1) is 25.3. The van der Waals surface area contributed by atoms with E-state index >= 15 is 0 Å². The van der Waals surface area contributed by atoms with Gasteiger partial charge in [0.15, 0.2) is 11.5 Å². The van der Waals surface area contributed by atoms with Crippen LogP contribution in [0.5, 0.6) is 11.5 Å². The molecule has 1 aliphatic heterocycles. The van der Waals surface area contributed by atoms with E-state index in [1.807, 2.05) is 18.2 Å². The molecule has 0 bridgehead atoms. The summed E-state index contributed by atoms with van der Waals surface area (Å²) in [6.07, 6.45) is -2.89. The number of methoxy groups -OCH3 is 1. The van der Waals surface area contributed by atoms with Gasteiger partial charge in [0, 0.05) is 19.0 Å². The zero-order chi connectivity index (χ0) is 25.1. The number of carbonyl (C=O) groups is 2. The molecule has 0 fully saturated rings. The number of amides is 2. The molecule has 2 aromatic carbocycles. The molecule has 0 aliphatic carbocycles. The Morgan fingerprint density at radius 2 is 1.79 bits per heavy atom. The van der Waals surface area contributed by atoms with Crippen LogP contribution in [0.2, 0.25) is 0 Å². The Morgan fingerprint density at radius 3 is 2.41 bits per heavy atom. The third kappa shape index (κ3) is 5.78. The average Bonchev–Trinajstić information content (AvgIpc) is 3.01. The first-order valence-electron chi connectivity index (χ1n) is 10.9. The molecule has 2 aromatic rings. The van der Waals surface area contributed by atoms with Gasteiger partial charge in [0.2, 0.25) is 5.79 Å². The van der Waals surface area contributed by atoms with E-state index in [0.29, 0.717) is 16.9 Å². The Bertz CT molecular complexity index is 1030. The predicted molar refractivity (Wildman–Crippen MR) is 122 cm³/mol. The van der Waals surface area contributed by atoms with Crippen LogP contribution in [0.4, 0.5) is 9.59 Å². The van der Waals surface area contributed by atoms with Crippen molar-refractivity contribution in [2.75, 3.05) is 13.7 Å². The minimum absolute atomic E-state index is 0.00761. The molecule has 0 saturated heterocycles. The van der Waals surface area contributed by atoms with Crippen LogP contribution in [-0.4, -0.2) is 52.3 Å². The number of aliphatic hydroxyl groups is 2. The van der Waals surface area contributed by atoms with Gasteiger partial charge in [0.1, 0.15) is 18.3 Å². The third-order valence-corrected chi connectivity index (χ3v) is 5.20. The number of hydrogen-bond acceptors (Lipinski definition) is 8. The van der Waals surface area contributed by atoms with E-state index in [-0.39, 0.29) is 25.3 Å². The van der Waals surface area contributed by atoms with Gasteiger partial charge in [-0.1, -0.05) is 36.4 Å². The van der Waals surface area contributed by atoms with Crippen molar-refractivity contribution in [1.82, 2.24) is 4.90 Å². The van der Waals surface area contributed by atoms with Crippen molar-refractivity contribution in [3.63, 3.8) is 0 Å². The summed E-state index contributed by atoms with van der Waals surface area (Å²) < 4.78 is 21.5. The van der Waals surface area contributed by atoms with Gasteiger partial charge >= 0.3 is 12.2 Å². The molecule has 1 aliphatic rings. The fourth-order valence-electron chi connectivity index (χ4n) is 3.54. The van der Waals surface area contributed by atoms with Gasteiger partial charge in [0.25, 0.3) is 0 Å². The van der Waals surface area contributed by atoms with Gasteiger partial charge < -0.3 is 29.2 Å². The topological polar surface area (TPSA) is 115 Å². The van der Waals surface area contributed by atoms with Crippen molar-refractivity contribution in [3.05, 3.63) is 59.2 Å². The largest absolute Gasteiger partial charge is 0.493 e. The molecule has 1 heterocycles. The monoisotopic (exact) mass is 473 g/mol. The highest BCUT2D eigenvalue weighted by Gasteiger charge is 2.45. The fraction of sp³-hybridized carbons (Fsp3) is 0.440. The molecule has 2 amide bonds. The average molecular weight is 474 g/mol. The zero-order valence-electron chi connectivity index (χ0n) is 20.0. The maximum Gasteiger partial charge on any atom is 0.419 e. The lowest BCUT2D eigenvalue weighted by Crippen LogP contribution is -2.42. The van der Waals surface area contributed by atoms with Crippen molar-refractivity contribution in [2.45, 2.75) is 58.2 Å². The van der Waals surface area contributed by atoms with Crippen LogP contribution >= 0.6 is 0 Å². The molecule has 0 saturated carbocycles. The first-order chi connectivity index (χ1) is 15.9. The van der Waals surface area contributed by atoms with Gasteiger partial charge in [0.05, 0.1) is 7.11 Å². The number of nitrogens with zero attached hydrogens (tertiary/aromatic N) is 1. The molecular formula is C25H31NO8. The second-order valence-corrected chi connectivity index (χ2v) is 9.15. The first-order valence-corrected chi connectivity index (χ1v) is 10.9. The number of aliphatic hydroxyl groups excluding tert-OH is 1. The molecular weight excluding hydrogens is 442 g/mol. The van der Waals surface area contributed by atoms with E-state index in [1.54, 1.807) is 45.0 Å². The lowest BCUT2D eigenvalue weighted by molar-refractivity contribution is -0.175. The SMILES string of the molecule is COc1ccc(CCN(C(=O)OCc2ccccc2)C(=O)OC(C)(C)C)c2c1OC(C)(O)C2O. The van der Waals surface area contributed by atoms with Gasteiger partial charge in [-0.3, -0.25) is 0 Å². The summed E-state index contributed by atoms with van der Waals surface area (Å²) in [7, 11) is 1.45. The van der Waals surface area contributed by atoms with Crippen molar-refractivity contribution in [3.8, 4) is 11.5 Å². The van der Waals surface area contributed by atoms with Gasteiger partial charge in [-0.15, -0.1) is 0 Å². The van der Waals surface area contributed by atoms with Crippen molar-refractivity contribution in [1.29, 1.82) is 0 Å². The van der Waals surface area contributed by atoms with E-state index in [1.165, 1.54) is 14.0 Å². The maximum atomic E-state index is 12.8. The van der Waals surface area contributed by atoms with Crippen LogP contribution < -0.4 is 9.47 Å². The number of benzene rings is 2. The standard InChI is InChI=1S/C25H31NO8/c1-24(2,3)34-23(29)26(22(28)32-15-16-9-7-6-8-10-16)14-13-17-11-12-18(31-5)20-19(17)21(27)25(4,30)33-20/h6-12,21,27,30H,13-15H2,1-5H3. The molecule has 0 radical (unpaired) electrons. The normalized spacial score (nSPS) is 19.1. The van der Waals surface area contributed by atoms with Gasteiger partial charge in [-0.2, -0.15) is 0 Å². The highest BCUT2D eigenvalue weighted by molar-refractivity contribution is 5.88. The lowest BCUT2D eigenvalue weighted by Gasteiger charge is -2.26. The number of fused-ring (bicyclic) bond motifs is 1. The van der Waals surface area contributed by atoms with Crippen LogP contribution in [0.1, 0.15) is 50.5 Å². The van der Waals surface area contributed by atoms with Crippen LogP contribution in [0.3, 0.4) is 0 Å². The van der Waals surface area contributed by atoms with E-state index in [0.717, 1.165) is 10.5 Å². The molecule has 0 aromatic heterocycles. The van der Waals surface area contributed by atoms with Crippen LogP contribution in [0, 0.1) is 0 Å². The van der Waals surface area contributed by atoms with Crippen molar-refractivity contribution < 1.29 is 38.7 Å². The van der Waals surface area contributed by atoms with Gasteiger partial charge in [-0.25, -0.2) is 14.5 Å². The summed E-state index contributed by atoms with van der Waals surface area (Å²) in [5.41, 5.74) is 0.867. The van der Waals surface area contributed by atoms with Crippen LogP contribution in [0.15, 0.2) is 42.5 Å². The zero-order valence-corrected chi connectivity index (χ0v) is 20.0. The predicted octanol–water partition coefficient (Wildman–Crippen LogP) is 3.95. The molecule has 2 atom stereocenters. The van der Waals surface area contributed by atoms with Crippen molar-refractivity contribution >= 4 is 12.2 Å². The quantitative estimate of drug-likeness (QED) is 0.648. The molecule has 34 heavy (non-hydrogen) atoms. The summed E-state index contributed by atoms with van der Waals surface area (Å²) in [5.74, 6) is -1.28. The van der Waals surface area contributed by atoms with Crippen LogP contribution in [0.25, 0.3) is 0 Å². The second-order valence-electron chi connectivity index (χ2n) is 9.15. The van der Waals surface area contributed by atoms with E-state index in [9.17, 15) is 19.8 Å². The number of imide groups is 1. The lowest BCUT2D eigenvalue weighted by atomic mass is 9.96. The number of ether oxygens (including phenoxy) is 4. The van der Waals surface area contributed by atoms with E-state index < -0.39 is 29.7 Å². The third-order valence-electron chi connectivity index (χ3n) is 5.20. The summed E-state index contributed by atoms with van der Waals surface area (Å²) in [6, 6.07) is 12.4. The Kier molecular flexibility index (Phi) is 7.38. The Balaban J connectivity index is 1.81. The molecule has 9 heteroatoms. The minimum Gasteiger partial charge on any atom is -0.493 e. The highest BCUT2D eigenvalue weighted by atomic mass is 16.7. The molecule has 9 nitrogen and oxygen atoms in total. The maximum absolute atomic E-state index is 12.8. The van der Waals surface area contributed by atoms with Crippen LogP contribution in [-0.2, 0) is 22.5 Å². The minimum atomic E-state index is -1.84. The fourth-order valence-corrected chi connectivity index (χ4v) is 3.54. The number of carbonyl (C=O) groups excluding carboxylic acids is 2. The molecule has 184 valence electrons. The molecule has 3 rings (SSSR count).